The number of carbonyl (C=O) groups is 2. The first-order valence-electron chi connectivity index (χ1n) is 9.20. The summed E-state index contributed by atoms with van der Waals surface area (Å²) < 4.78 is 5.71. The Morgan fingerprint density at radius 3 is 2.56 bits per heavy atom. The van der Waals surface area contributed by atoms with Gasteiger partial charge in [-0.3, -0.25) is 9.59 Å². The van der Waals surface area contributed by atoms with Gasteiger partial charge in [-0.1, -0.05) is 12.1 Å². The Morgan fingerprint density at radius 1 is 1.15 bits per heavy atom. The normalized spacial score (nSPS) is 23.3. The zero-order valence-electron chi connectivity index (χ0n) is 14.7. The molecule has 1 aromatic heterocycles. The first-order valence-corrected chi connectivity index (χ1v) is 9.58. The Hall–Kier alpha value is -2.54. The van der Waals surface area contributed by atoms with Gasteiger partial charge in [-0.2, -0.15) is 0 Å². The van der Waals surface area contributed by atoms with Gasteiger partial charge in [0.1, 0.15) is 11.4 Å². The molecule has 2 amide bonds. The highest BCUT2D eigenvalue weighted by Gasteiger charge is 2.47. The second-order valence-corrected chi connectivity index (χ2v) is 7.55. The molecule has 0 unspecified atom stereocenters. The number of fused-ring (bicyclic) bond motifs is 2. The number of benzene rings is 1. The molecular formula is C19H19ClN4O3. The fourth-order valence-electron chi connectivity index (χ4n) is 4.34. The second-order valence-electron chi connectivity index (χ2n) is 7.19. The van der Waals surface area contributed by atoms with Crippen LogP contribution in [0.15, 0.2) is 24.4 Å². The minimum Gasteiger partial charge on any atom is -0.492 e. The molecule has 5 rings (SSSR count). The van der Waals surface area contributed by atoms with E-state index in [1.165, 1.54) is 6.20 Å². The summed E-state index contributed by atoms with van der Waals surface area (Å²) in [5.74, 6) is 0.615. The van der Waals surface area contributed by atoms with Crippen molar-refractivity contribution < 1.29 is 14.3 Å². The molecule has 1 aliphatic carbocycles. The van der Waals surface area contributed by atoms with Crippen molar-refractivity contribution in [3.8, 4) is 5.75 Å². The maximum absolute atomic E-state index is 13.2. The smallest absolute Gasteiger partial charge is 0.272 e. The summed E-state index contributed by atoms with van der Waals surface area (Å²) in [6.45, 7) is 1.64. The number of halogens is 1. The molecule has 0 spiro atoms. The summed E-state index contributed by atoms with van der Waals surface area (Å²) >= 11 is 5.80. The average Bonchev–Trinajstić information content (AvgIpc) is 3.29. The van der Waals surface area contributed by atoms with Gasteiger partial charge in [-0.15, -0.1) is 0 Å². The van der Waals surface area contributed by atoms with Gasteiger partial charge >= 0.3 is 0 Å². The summed E-state index contributed by atoms with van der Waals surface area (Å²) in [6, 6.07) is 5.85. The van der Waals surface area contributed by atoms with E-state index < -0.39 is 0 Å². The van der Waals surface area contributed by atoms with Gasteiger partial charge in [-0.25, -0.2) is 4.98 Å². The predicted octanol–water partition coefficient (Wildman–Crippen LogP) is 2.13. The van der Waals surface area contributed by atoms with E-state index in [-0.39, 0.29) is 29.2 Å². The lowest BCUT2D eigenvalue weighted by atomic mass is 9.81. The monoisotopic (exact) mass is 386 g/mol. The number of aromatic amines is 1. The molecule has 3 heterocycles. The van der Waals surface area contributed by atoms with Crippen LogP contribution >= 0.6 is 11.6 Å². The van der Waals surface area contributed by atoms with Crippen molar-refractivity contribution in [1.82, 2.24) is 19.8 Å². The van der Waals surface area contributed by atoms with Crippen molar-refractivity contribution in [2.24, 2.45) is 0 Å². The number of nitrogens with zero attached hydrogens (tertiary/aromatic N) is 3. The van der Waals surface area contributed by atoms with E-state index in [9.17, 15) is 9.59 Å². The van der Waals surface area contributed by atoms with Crippen LogP contribution in [0.4, 0.5) is 0 Å². The van der Waals surface area contributed by atoms with Crippen LogP contribution in [0.1, 0.15) is 39.3 Å². The van der Waals surface area contributed by atoms with E-state index in [2.05, 4.69) is 9.97 Å². The molecule has 2 aliphatic heterocycles. The number of rotatable bonds is 2. The molecule has 2 atom stereocenters. The Bertz CT molecular complexity index is 927. The first kappa shape index (κ1) is 16.6. The number of hydrogen-bond acceptors (Lipinski definition) is 4. The van der Waals surface area contributed by atoms with E-state index in [1.807, 2.05) is 28.0 Å². The number of para-hydroxylation sites is 1. The fourth-order valence-corrected chi connectivity index (χ4v) is 4.49. The Labute approximate surface area is 161 Å². The van der Waals surface area contributed by atoms with E-state index >= 15 is 0 Å². The number of piperazine rings is 1. The first-order chi connectivity index (χ1) is 13.1. The standard InChI is InChI=1S/C19H19ClN4O3/c20-19-21-10-13(22-19)18(26)24-8-7-23(14-4-5-15(14)24)17(25)12-3-1-2-11-6-9-27-16(11)12/h1-3,10,14-15H,4-9H2,(H,21,22)/t14-,15-/m1/s1. The third-order valence-corrected chi connectivity index (χ3v) is 6.02. The van der Waals surface area contributed by atoms with Crippen LogP contribution in [-0.2, 0) is 6.42 Å². The van der Waals surface area contributed by atoms with E-state index in [0.717, 1.165) is 30.6 Å². The van der Waals surface area contributed by atoms with Crippen molar-refractivity contribution in [3.63, 3.8) is 0 Å². The van der Waals surface area contributed by atoms with Gasteiger partial charge in [0.25, 0.3) is 11.8 Å². The number of imidazole rings is 1. The molecule has 27 heavy (non-hydrogen) atoms. The van der Waals surface area contributed by atoms with Crippen LogP contribution in [0, 0.1) is 0 Å². The lowest BCUT2D eigenvalue weighted by molar-refractivity contribution is -0.0191. The molecule has 1 N–H and O–H groups in total. The summed E-state index contributed by atoms with van der Waals surface area (Å²) in [5.41, 5.74) is 2.12. The number of ether oxygens (including phenoxy) is 1. The summed E-state index contributed by atoms with van der Waals surface area (Å²) in [5, 5.41) is 0.204. The van der Waals surface area contributed by atoms with Gasteiger partial charge in [0.2, 0.25) is 5.28 Å². The Balaban J connectivity index is 1.37. The largest absolute Gasteiger partial charge is 0.492 e. The Morgan fingerprint density at radius 2 is 1.89 bits per heavy atom. The van der Waals surface area contributed by atoms with Crippen LogP contribution < -0.4 is 4.74 Å². The third-order valence-electron chi connectivity index (χ3n) is 5.83. The SMILES string of the molecule is O=C(c1cnc(Cl)[nH]1)N1CCN(C(=O)c2cccc3c2OCC3)[C@@H]2CC[C@H]21. The van der Waals surface area contributed by atoms with Crippen molar-refractivity contribution >= 4 is 23.4 Å². The van der Waals surface area contributed by atoms with Gasteiger partial charge in [0.15, 0.2) is 0 Å². The van der Waals surface area contributed by atoms with E-state index in [4.69, 9.17) is 16.3 Å². The molecule has 140 valence electrons. The predicted molar refractivity (Wildman–Crippen MR) is 98.1 cm³/mol. The molecule has 8 heteroatoms. The molecular weight excluding hydrogens is 368 g/mol. The molecule has 0 radical (unpaired) electrons. The van der Waals surface area contributed by atoms with Crippen molar-refractivity contribution in [3.05, 3.63) is 46.5 Å². The summed E-state index contributed by atoms with van der Waals surface area (Å²) in [7, 11) is 0. The summed E-state index contributed by atoms with van der Waals surface area (Å²) in [6.07, 6.45) is 4.10. The number of hydrogen-bond donors (Lipinski definition) is 1. The minimum absolute atomic E-state index is 0.000124. The maximum Gasteiger partial charge on any atom is 0.272 e. The van der Waals surface area contributed by atoms with Crippen molar-refractivity contribution in [2.75, 3.05) is 19.7 Å². The molecule has 2 aromatic rings. The number of aromatic nitrogens is 2. The maximum atomic E-state index is 13.2. The Kier molecular flexibility index (Phi) is 3.86. The topological polar surface area (TPSA) is 78.5 Å². The molecule has 0 bridgehead atoms. The number of carbonyl (C=O) groups excluding carboxylic acids is 2. The zero-order valence-corrected chi connectivity index (χ0v) is 15.4. The number of amides is 2. The van der Waals surface area contributed by atoms with Gasteiger partial charge < -0.3 is 19.5 Å². The molecule has 1 saturated carbocycles. The van der Waals surface area contributed by atoms with Crippen LogP contribution in [0.3, 0.4) is 0 Å². The second kappa shape index (κ2) is 6.27. The van der Waals surface area contributed by atoms with Crippen molar-refractivity contribution in [2.45, 2.75) is 31.3 Å². The lowest BCUT2D eigenvalue weighted by Crippen LogP contribution is -2.67. The molecule has 1 saturated heterocycles. The average molecular weight is 387 g/mol. The fraction of sp³-hybridized carbons (Fsp3) is 0.421. The van der Waals surface area contributed by atoms with Gasteiger partial charge in [0, 0.05) is 19.5 Å². The highest BCUT2D eigenvalue weighted by molar-refractivity contribution is 6.28. The van der Waals surface area contributed by atoms with E-state index in [1.54, 1.807) is 0 Å². The number of nitrogens with one attached hydrogen (secondary N) is 1. The molecule has 1 aromatic carbocycles. The summed E-state index contributed by atoms with van der Waals surface area (Å²) in [4.78, 5) is 36.4. The molecule has 2 fully saturated rings. The highest BCUT2D eigenvalue weighted by atomic mass is 35.5. The van der Waals surface area contributed by atoms with Gasteiger partial charge in [0.05, 0.1) is 30.5 Å². The lowest BCUT2D eigenvalue weighted by Gasteiger charge is -2.53. The molecule has 7 nitrogen and oxygen atoms in total. The highest BCUT2D eigenvalue weighted by Crippen LogP contribution is 2.37. The zero-order chi connectivity index (χ0) is 18.5. The quantitative estimate of drug-likeness (QED) is 0.857. The van der Waals surface area contributed by atoms with Crippen LogP contribution in [0.2, 0.25) is 5.28 Å². The van der Waals surface area contributed by atoms with Crippen LogP contribution in [0.5, 0.6) is 5.75 Å². The van der Waals surface area contributed by atoms with Crippen LogP contribution in [0.25, 0.3) is 0 Å². The third kappa shape index (κ3) is 2.60. The van der Waals surface area contributed by atoms with E-state index in [0.29, 0.717) is 31.0 Å². The van der Waals surface area contributed by atoms with Crippen LogP contribution in [-0.4, -0.2) is 63.4 Å². The van der Waals surface area contributed by atoms with Gasteiger partial charge in [-0.05, 0) is 36.1 Å². The van der Waals surface area contributed by atoms with Crippen molar-refractivity contribution in [1.29, 1.82) is 0 Å². The minimum atomic E-state index is -0.111. The number of H-pyrrole nitrogens is 1. The molecule has 3 aliphatic rings.